The SMILES string of the molecule is S=c1[nH]nc(-c2cccnc2)n1CC(C1CC1)C1CC1. The molecule has 20 heavy (non-hydrogen) atoms. The van der Waals surface area contributed by atoms with E-state index in [1.807, 2.05) is 18.3 Å². The van der Waals surface area contributed by atoms with Gasteiger partial charge < -0.3 is 0 Å². The van der Waals surface area contributed by atoms with Crippen molar-refractivity contribution in [1.82, 2.24) is 19.7 Å². The summed E-state index contributed by atoms with van der Waals surface area (Å²) in [7, 11) is 0. The highest BCUT2D eigenvalue weighted by Crippen LogP contribution is 2.50. The molecule has 1 N–H and O–H groups in total. The molecule has 0 radical (unpaired) electrons. The van der Waals surface area contributed by atoms with Crippen LogP contribution in [0.3, 0.4) is 0 Å². The molecule has 2 aromatic rings. The lowest BCUT2D eigenvalue weighted by Crippen LogP contribution is -2.16. The summed E-state index contributed by atoms with van der Waals surface area (Å²) in [6.45, 7) is 1.01. The van der Waals surface area contributed by atoms with Crippen LogP contribution < -0.4 is 0 Å². The van der Waals surface area contributed by atoms with Crippen LogP contribution in [0.15, 0.2) is 24.5 Å². The highest BCUT2D eigenvalue weighted by Gasteiger charge is 2.41. The Balaban J connectivity index is 1.67. The van der Waals surface area contributed by atoms with Gasteiger partial charge in [0.05, 0.1) is 0 Å². The number of hydrogen-bond donors (Lipinski definition) is 1. The first-order valence-electron chi connectivity index (χ1n) is 7.38. The molecule has 0 saturated heterocycles. The first kappa shape index (κ1) is 12.3. The van der Waals surface area contributed by atoms with Gasteiger partial charge in [0.2, 0.25) is 0 Å². The highest BCUT2D eigenvalue weighted by molar-refractivity contribution is 7.71. The zero-order chi connectivity index (χ0) is 13.5. The summed E-state index contributed by atoms with van der Waals surface area (Å²) < 4.78 is 2.91. The van der Waals surface area contributed by atoms with E-state index in [0.29, 0.717) is 0 Å². The van der Waals surface area contributed by atoms with Crippen LogP contribution in [-0.2, 0) is 6.54 Å². The Labute approximate surface area is 123 Å². The quantitative estimate of drug-likeness (QED) is 0.856. The number of pyridine rings is 1. The lowest BCUT2D eigenvalue weighted by atomic mass is 9.98. The molecule has 0 atom stereocenters. The van der Waals surface area contributed by atoms with Crippen LogP contribution in [-0.4, -0.2) is 19.7 Å². The third-order valence-electron chi connectivity index (χ3n) is 4.53. The maximum atomic E-state index is 5.43. The average Bonchev–Trinajstić information content (AvgIpc) is 3.37. The summed E-state index contributed by atoms with van der Waals surface area (Å²) in [6, 6.07) is 3.98. The van der Waals surface area contributed by atoms with E-state index in [-0.39, 0.29) is 0 Å². The first-order chi connectivity index (χ1) is 9.83. The van der Waals surface area contributed by atoms with Gasteiger partial charge in [0, 0.05) is 24.5 Å². The van der Waals surface area contributed by atoms with Gasteiger partial charge in [-0.2, -0.15) is 5.10 Å². The Bertz CT molecular complexity index is 640. The van der Waals surface area contributed by atoms with Crippen molar-refractivity contribution >= 4 is 12.2 Å². The maximum Gasteiger partial charge on any atom is 0.195 e. The predicted molar refractivity (Wildman–Crippen MR) is 79.6 cm³/mol. The van der Waals surface area contributed by atoms with E-state index in [9.17, 15) is 0 Å². The van der Waals surface area contributed by atoms with Crippen molar-refractivity contribution in [3.8, 4) is 11.4 Å². The molecule has 0 aromatic carbocycles. The van der Waals surface area contributed by atoms with E-state index >= 15 is 0 Å². The van der Waals surface area contributed by atoms with E-state index in [0.717, 1.165) is 40.5 Å². The Hall–Kier alpha value is -1.49. The minimum absolute atomic E-state index is 0.732. The molecule has 4 nitrogen and oxygen atoms in total. The molecule has 2 saturated carbocycles. The number of hydrogen-bond acceptors (Lipinski definition) is 3. The zero-order valence-electron chi connectivity index (χ0n) is 11.3. The van der Waals surface area contributed by atoms with Crippen molar-refractivity contribution in [3.05, 3.63) is 29.3 Å². The second-order valence-corrected chi connectivity index (χ2v) is 6.43. The number of H-pyrrole nitrogens is 1. The van der Waals surface area contributed by atoms with Crippen molar-refractivity contribution in [1.29, 1.82) is 0 Å². The molecule has 0 aliphatic heterocycles. The molecule has 2 heterocycles. The van der Waals surface area contributed by atoms with Crippen LogP contribution in [0.2, 0.25) is 0 Å². The van der Waals surface area contributed by atoms with Gasteiger partial charge in [0.25, 0.3) is 0 Å². The van der Waals surface area contributed by atoms with Crippen molar-refractivity contribution in [2.24, 2.45) is 17.8 Å². The molecule has 2 aromatic heterocycles. The Morgan fingerprint density at radius 1 is 1.30 bits per heavy atom. The number of rotatable bonds is 5. The maximum absolute atomic E-state index is 5.43. The van der Waals surface area contributed by atoms with Gasteiger partial charge in [0.1, 0.15) is 0 Å². The van der Waals surface area contributed by atoms with E-state index in [2.05, 4.69) is 19.7 Å². The minimum Gasteiger partial charge on any atom is -0.300 e. The lowest BCUT2D eigenvalue weighted by Gasteiger charge is -2.17. The van der Waals surface area contributed by atoms with E-state index in [4.69, 9.17) is 12.2 Å². The van der Waals surface area contributed by atoms with Crippen molar-refractivity contribution in [2.75, 3.05) is 0 Å². The van der Waals surface area contributed by atoms with E-state index in [1.165, 1.54) is 25.7 Å². The monoisotopic (exact) mass is 286 g/mol. The third kappa shape index (κ3) is 2.30. The molecule has 0 unspecified atom stereocenters. The molecule has 2 aliphatic rings. The fraction of sp³-hybridized carbons (Fsp3) is 0.533. The lowest BCUT2D eigenvalue weighted by molar-refractivity contribution is 0.348. The van der Waals surface area contributed by atoms with Gasteiger partial charge in [-0.25, -0.2) is 0 Å². The summed E-state index contributed by atoms with van der Waals surface area (Å²) in [5.41, 5.74) is 1.03. The van der Waals surface area contributed by atoms with Crippen LogP contribution in [0.5, 0.6) is 0 Å². The van der Waals surface area contributed by atoms with Crippen molar-refractivity contribution in [2.45, 2.75) is 32.2 Å². The predicted octanol–water partition coefficient (Wildman–Crippen LogP) is 3.44. The van der Waals surface area contributed by atoms with Crippen LogP contribution in [0.25, 0.3) is 11.4 Å². The van der Waals surface area contributed by atoms with Gasteiger partial charge in [-0.15, -0.1) is 0 Å². The number of nitrogens with zero attached hydrogens (tertiary/aromatic N) is 3. The molecule has 5 heteroatoms. The number of aromatic amines is 1. The van der Waals surface area contributed by atoms with Crippen LogP contribution >= 0.6 is 12.2 Å². The van der Waals surface area contributed by atoms with E-state index in [1.54, 1.807) is 6.20 Å². The largest absolute Gasteiger partial charge is 0.300 e. The molecule has 0 bridgehead atoms. The van der Waals surface area contributed by atoms with Crippen LogP contribution in [0, 0.1) is 22.5 Å². The van der Waals surface area contributed by atoms with E-state index < -0.39 is 0 Å². The standard InChI is InChI=1S/C15H18N4S/c20-15-18-17-14(12-2-1-7-16-8-12)19(15)9-13(10-3-4-10)11-5-6-11/h1-2,7-8,10-11,13H,3-6,9H2,(H,18,20). The Kier molecular flexibility index (Phi) is 2.95. The van der Waals surface area contributed by atoms with Crippen molar-refractivity contribution < 1.29 is 0 Å². The Morgan fingerprint density at radius 2 is 2.05 bits per heavy atom. The average molecular weight is 286 g/mol. The molecule has 4 rings (SSSR count). The van der Waals surface area contributed by atoms with Gasteiger partial charge in [-0.05, 0) is 67.8 Å². The molecule has 0 spiro atoms. The summed E-state index contributed by atoms with van der Waals surface area (Å²) in [5, 5.41) is 7.35. The van der Waals surface area contributed by atoms with Gasteiger partial charge in [-0.1, -0.05) is 0 Å². The van der Waals surface area contributed by atoms with Gasteiger partial charge >= 0.3 is 0 Å². The highest BCUT2D eigenvalue weighted by atomic mass is 32.1. The summed E-state index contributed by atoms with van der Waals surface area (Å²) in [5.74, 6) is 3.55. The van der Waals surface area contributed by atoms with Crippen molar-refractivity contribution in [3.63, 3.8) is 0 Å². The molecule has 2 fully saturated rings. The van der Waals surface area contributed by atoms with Crippen LogP contribution in [0.1, 0.15) is 25.7 Å². The zero-order valence-corrected chi connectivity index (χ0v) is 12.1. The normalized spacial score (nSPS) is 18.6. The van der Waals surface area contributed by atoms with Crippen LogP contribution in [0.4, 0.5) is 0 Å². The smallest absolute Gasteiger partial charge is 0.195 e. The summed E-state index contributed by atoms with van der Waals surface area (Å²) in [6.07, 6.45) is 9.23. The Morgan fingerprint density at radius 3 is 2.65 bits per heavy atom. The molecule has 2 aliphatic carbocycles. The number of nitrogens with one attached hydrogen (secondary N) is 1. The second-order valence-electron chi connectivity index (χ2n) is 6.04. The van der Waals surface area contributed by atoms with Gasteiger partial charge in [0.15, 0.2) is 10.6 Å². The topological polar surface area (TPSA) is 46.5 Å². The number of aromatic nitrogens is 4. The fourth-order valence-corrected chi connectivity index (χ4v) is 3.35. The third-order valence-corrected chi connectivity index (χ3v) is 4.84. The minimum atomic E-state index is 0.732. The first-order valence-corrected chi connectivity index (χ1v) is 7.79. The molecule has 104 valence electrons. The molecular formula is C15H18N4S. The van der Waals surface area contributed by atoms with Gasteiger partial charge in [-0.3, -0.25) is 14.6 Å². The second kappa shape index (κ2) is 4.81. The fourth-order valence-electron chi connectivity index (χ4n) is 3.15. The summed E-state index contributed by atoms with van der Waals surface area (Å²) in [4.78, 5) is 4.18. The molecule has 0 amide bonds. The molecular weight excluding hydrogens is 268 g/mol. The summed E-state index contributed by atoms with van der Waals surface area (Å²) >= 11 is 5.43.